The third-order valence-electron chi connectivity index (χ3n) is 3.44. The van der Waals surface area contributed by atoms with E-state index >= 15 is 0 Å². The van der Waals surface area contributed by atoms with Crippen LogP contribution in [0.15, 0.2) is 12.7 Å². The number of anilines is 1. The van der Waals surface area contributed by atoms with Gasteiger partial charge in [0.25, 0.3) is 0 Å². The maximum atomic E-state index is 11.2. The van der Waals surface area contributed by atoms with E-state index in [1.165, 1.54) is 24.1 Å². The Labute approximate surface area is 124 Å². The summed E-state index contributed by atoms with van der Waals surface area (Å²) in [6.45, 7) is 0.921. The zero-order valence-corrected chi connectivity index (χ0v) is 11.6. The monoisotopic (exact) mass is 309 g/mol. The number of hydrogen-bond acceptors (Lipinski definition) is 8. The second kappa shape index (κ2) is 5.57. The molecule has 1 unspecified atom stereocenters. The Morgan fingerprint density at radius 1 is 1.36 bits per heavy atom. The van der Waals surface area contributed by atoms with Crippen molar-refractivity contribution in [2.45, 2.75) is 31.5 Å². The van der Waals surface area contributed by atoms with Gasteiger partial charge in [-0.05, 0) is 0 Å². The van der Waals surface area contributed by atoms with Crippen LogP contribution in [-0.2, 0) is 9.53 Å². The minimum atomic E-state index is -1.24. The number of aliphatic hydroxyl groups is 3. The lowest BCUT2D eigenvalue weighted by Crippen LogP contribution is -2.33. The van der Waals surface area contributed by atoms with Crippen molar-refractivity contribution < 1.29 is 24.9 Å². The molecular formula is C12H15N5O5. The number of amides is 1. The van der Waals surface area contributed by atoms with Gasteiger partial charge in [0, 0.05) is 6.92 Å². The quantitative estimate of drug-likeness (QED) is 0.530. The van der Waals surface area contributed by atoms with Gasteiger partial charge in [-0.1, -0.05) is 0 Å². The highest BCUT2D eigenvalue weighted by molar-refractivity contribution is 5.95. The summed E-state index contributed by atoms with van der Waals surface area (Å²) >= 11 is 0. The smallest absolute Gasteiger partial charge is 0.222 e. The molecule has 4 N–H and O–H groups in total. The Bertz CT molecular complexity index is 704. The van der Waals surface area contributed by atoms with Gasteiger partial charge in [-0.25, -0.2) is 15.0 Å². The van der Waals surface area contributed by atoms with Gasteiger partial charge in [0.05, 0.1) is 12.9 Å². The van der Waals surface area contributed by atoms with Crippen molar-refractivity contribution in [1.82, 2.24) is 19.5 Å². The van der Waals surface area contributed by atoms with Crippen LogP contribution < -0.4 is 5.32 Å². The van der Waals surface area contributed by atoms with Crippen LogP contribution in [-0.4, -0.2) is 65.7 Å². The normalized spacial score (nSPS) is 28.2. The van der Waals surface area contributed by atoms with E-state index in [-0.39, 0.29) is 11.7 Å². The molecule has 1 aliphatic rings. The number of rotatable bonds is 3. The highest BCUT2D eigenvalue weighted by Gasteiger charge is 2.44. The maximum Gasteiger partial charge on any atom is 0.222 e. The van der Waals surface area contributed by atoms with Crippen LogP contribution in [0.3, 0.4) is 0 Å². The molecule has 10 nitrogen and oxygen atoms in total. The Morgan fingerprint density at radius 2 is 2.14 bits per heavy atom. The SMILES string of the molecule is CC(=O)Nc1ncnc2c1ncn2C1O[C@H](CO)[C@@H](O)[C@H]1O. The van der Waals surface area contributed by atoms with Crippen LogP contribution in [0.1, 0.15) is 13.2 Å². The molecule has 1 saturated heterocycles. The van der Waals surface area contributed by atoms with Crippen LogP contribution in [0.25, 0.3) is 11.2 Å². The van der Waals surface area contributed by atoms with Gasteiger partial charge >= 0.3 is 0 Å². The van der Waals surface area contributed by atoms with Gasteiger partial charge < -0.3 is 25.4 Å². The highest BCUT2D eigenvalue weighted by Crippen LogP contribution is 2.31. The first-order chi connectivity index (χ1) is 10.5. The van der Waals surface area contributed by atoms with Gasteiger partial charge in [-0.2, -0.15) is 0 Å². The lowest BCUT2D eigenvalue weighted by molar-refractivity contribution is -0.114. The molecule has 10 heteroatoms. The number of nitrogens with zero attached hydrogens (tertiary/aromatic N) is 4. The van der Waals surface area contributed by atoms with Gasteiger partial charge in [-0.3, -0.25) is 9.36 Å². The van der Waals surface area contributed by atoms with E-state index in [2.05, 4.69) is 20.3 Å². The van der Waals surface area contributed by atoms with E-state index in [1.54, 1.807) is 0 Å². The molecule has 0 radical (unpaired) electrons. The van der Waals surface area contributed by atoms with Crippen LogP contribution >= 0.6 is 0 Å². The van der Waals surface area contributed by atoms with Crippen LogP contribution in [0, 0.1) is 0 Å². The van der Waals surface area contributed by atoms with Crippen molar-refractivity contribution in [3.05, 3.63) is 12.7 Å². The first-order valence-electron chi connectivity index (χ1n) is 6.60. The number of carbonyl (C=O) groups excluding carboxylic acids is 1. The van der Waals surface area contributed by atoms with Crippen molar-refractivity contribution in [3.8, 4) is 0 Å². The molecule has 0 bridgehead atoms. The number of aromatic nitrogens is 4. The molecule has 0 aliphatic carbocycles. The molecule has 1 fully saturated rings. The Kier molecular flexibility index (Phi) is 3.74. The van der Waals surface area contributed by atoms with Gasteiger partial charge in [0.2, 0.25) is 5.91 Å². The summed E-state index contributed by atoms with van der Waals surface area (Å²) in [5, 5.41) is 31.5. The standard InChI is InChI=1S/C12H15N5O5/c1-5(19)16-10-7-11(14-3-13-10)17(4-15-7)12-9(21)8(20)6(2-18)22-12/h3-4,6,8-9,12,18,20-21H,2H2,1H3,(H,13,14,16,19)/t6-,8-,9-,12?/m1/s1. The molecule has 0 aromatic carbocycles. The number of aliphatic hydroxyl groups excluding tert-OH is 3. The highest BCUT2D eigenvalue weighted by atomic mass is 16.6. The summed E-state index contributed by atoms with van der Waals surface area (Å²) < 4.78 is 6.86. The number of carbonyl (C=O) groups is 1. The minimum Gasteiger partial charge on any atom is -0.394 e. The van der Waals surface area contributed by atoms with Crippen molar-refractivity contribution in [2.75, 3.05) is 11.9 Å². The molecule has 1 aliphatic heterocycles. The molecule has 22 heavy (non-hydrogen) atoms. The molecule has 3 heterocycles. The number of ether oxygens (including phenoxy) is 1. The maximum absolute atomic E-state index is 11.2. The molecular weight excluding hydrogens is 294 g/mol. The molecule has 4 atom stereocenters. The molecule has 1 amide bonds. The second-order valence-electron chi connectivity index (χ2n) is 4.96. The average Bonchev–Trinajstić information content (AvgIpc) is 3.02. The fourth-order valence-corrected chi connectivity index (χ4v) is 2.41. The van der Waals surface area contributed by atoms with Crippen LogP contribution in [0.2, 0.25) is 0 Å². The fraction of sp³-hybridized carbons (Fsp3) is 0.500. The number of nitrogens with one attached hydrogen (secondary N) is 1. The van der Waals surface area contributed by atoms with Crippen molar-refractivity contribution >= 4 is 22.9 Å². The molecule has 0 spiro atoms. The molecule has 118 valence electrons. The summed E-state index contributed by atoms with van der Waals surface area (Å²) in [5.74, 6) is -0.0644. The first-order valence-corrected chi connectivity index (χ1v) is 6.60. The largest absolute Gasteiger partial charge is 0.394 e. The zero-order valence-electron chi connectivity index (χ0n) is 11.6. The molecule has 3 rings (SSSR count). The summed E-state index contributed by atoms with van der Waals surface area (Å²) in [4.78, 5) is 23.3. The minimum absolute atomic E-state index is 0.239. The number of hydrogen-bond donors (Lipinski definition) is 4. The number of fused-ring (bicyclic) bond motifs is 1. The van der Waals surface area contributed by atoms with E-state index in [0.717, 1.165) is 0 Å². The van der Waals surface area contributed by atoms with E-state index in [0.29, 0.717) is 11.2 Å². The van der Waals surface area contributed by atoms with Crippen molar-refractivity contribution in [3.63, 3.8) is 0 Å². The van der Waals surface area contributed by atoms with Crippen molar-refractivity contribution in [1.29, 1.82) is 0 Å². The first kappa shape index (κ1) is 14.8. The van der Waals surface area contributed by atoms with Crippen LogP contribution in [0.5, 0.6) is 0 Å². The van der Waals surface area contributed by atoms with Gasteiger partial charge in [0.15, 0.2) is 23.2 Å². The number of imidazole rings is 1. The van der Waals surface area contributed by atoms with Crippen LogP contribution in [0.4, 0.5) is 5.82 Å². The molecule has 2 aromatic rings. The third-order valence-corrected chi connectivity index (χ3v) is 3.44. The van der Waals surface area contributed by atoms with E-state index in [4.69, 9.17) is 9.84 Å². The predicted octanol–water partition coefficient (Wildman–Crippen LogP) is -1.60. The Hall–Kier alpha value is -2.14. The summed E-state index contributed by atoms with van der Waals surface area (Å²) in [6, 6.07) is 0. The average molecular weight is 309 g/mol. The predicted molar refractivity (Wildman–Crippen MR) is 72.6 cm³/mol. The zero-order chi connectivity index (χ0) is 15.9. The van der Waals surface area contributed by atoms with E-state index < -0.39 is 31.1 Å². The van der Waals surface area contributed by atoms with Crippen molar-refractivity contribution in [2.24, 2.45) is 0 Å². The van der Waals surface area contributed by atoms with Gasteiger partial charge in [0.1, 0.15) is 24.6 Å². The summed E-state index contributed by atoms with van der Waals surface area (Å²) in [5.41, 5.74) is 0.657. The fourth-order valence-electron chi connectivity index (χ4n) is 2.41. The lowest BCUT2D eigenvalue weighted by Gasteiger charge is -2.16. The molecule has 2 aromatic heterocycles. The molecule has 0 saturated carbocycles. The Balaban J connectivity index is 2.01. The Morgan fingerprint density at radius 3 is 2.77 bits per heavy atom. The third kappa shape index (κ3) is 2.31. The topological polar surface area (TPSA) is 143 Å². The lowest BCUT2D eigenvalue weighted by atomic mass is 10.1. The second-order valence-corrected chi connectivity index (χ2v) is 4.96. The van der Waals surface area contributed by atoms with Gasteiger partial charge in [-0.15, -0.1) is 0 Å². The van der Waals surface area contributed by atoms with E-state index in [1.807, 2.05) is 0 Å². The summed E-state index contributed by atoms with van der Waals surface area (Å²) in [6.07, 6.45) is -1.69. The summed E-state index contributed by atoms with van der Waals surface area (Å²) in [7, 11) is 0. The van der Waals surface area contributed by atoms with E-state index in [9.17, 15) is 15.0 Å².